The normalized spacial score (nSPS) is 18.3. The Bertz CT molecular complexity index is 1140. The molecule has 1 fully saturated rings. The van der Waals surface area contributed by atoms with Gasteiger partial charge in [-0.3, -0.25) is 0 Å². The van der Waals surface area contributed by atoms with Crippen molar-refractivity contribution in [1.29, 1.82) is 0 Å². The maximum atomic E-state index is 12.4. The van der Waals surface area contributed by atoms with E-state index in [0.717, 1.165) is 44.6 Å². The van der Waals surface area contributed by atoms with Gasteiger partial charge in [0.2, 0.25) is 0 Å². The van der Waals surface area contributed by atoms with E-state index in [1.165, 1.54) is 34.4 Å². The molecule has 35 heavy (non-hydrogen) atoms. The van der Waals surface area contributed by atoms with Gasteiger partial charge in [-0.1, -0.05) is 55.1 Å². The van der Waals surface area contributed by atoms with Crippen LogP contribution in [0.2, 0.25) is 0 Å². The number of piperidine rings is 1. The standard InChI is InChI=1S/C29H29F3N2O/c1-20(33-24-14-16-25(17-15-24)35-29(30,31)32)34-18-6-9-23(19-34)28-26-10-4-2-7-21(26)12-13-22-8-3-5-11-27(22)28/h2-5,7-8,10-11,14-17,23,28,33H,1,6,9,12-13,18-19H2. The number of ether oxygens (including phenoxy) is 1. The molecule has 1 saturated heterocycles. The lowest BCUT2D eigenvalue weighted by Crippen LogP contribution is -2.39. The Labute approximate surface area is 204 Å². The zero-order chi connectivity index (χ0) is 24.4. The molecule has 182 valence electrons. The predicted molar refractivity (Wildman–Crippen MR) is 132 cm³/mol. The summed E-state index contributed by atoms with van der Waals surface area (Å²) in [4.78, 5) is 2.27. The van der Waals surface area contributed by atoms with Crippen LogP contribution in [0.1, 0.15) is 41.0 Å². The number of alkyl halides is 3. The number of fused-ring (bicyclic) bond motifs is 2. The van der Waals surface area contributed by atoms with E-state index >= 15 is 0 Å². The fraction of sp³-hybridized carbons (Fsp3) is 0.310. The van der Waals surface area contributed by atoms with Crippen LogP contribution in [-0.2, 0) is 12.8 Å². The Balaban J connectivity index is 1.34. The second-order valence-electron chi connectivity index (χ2n) is 9.37. The van der Waals surface area contributed by atoms with Crippen molar-refractivity contribution in [3.63, 3.8) is 0 Å². The number of anilines is 1. The fourth-order valence-corrected chi connectivity index (χ4v) is 5.59. The van der Waals surface area contributed by atoms with Gasteiger partial charge in [-0.25, -0.2) is 0 Å². The van der Waals surface area contributed by atoms with Gasteiger partial charge in [0.25, 0.3) is 0 Å². The molecule has 0 bridgehead atoms. The summed E-state index contributed by atoms with van der Waals surface area (Å²) in [7, 11) is 0. The Hall–Kier alpha value is -3.41. The van der Waals surface area contributed by atoms with E-state index in [9.17, 15) is 13.2 Å². The van der Waals surface area contributed by atoms with Crippen LogP contribution in [0.15, 0.2) is 85.2 Å². The summed E-state index contributed by atoms with van der Waals surface area (Å²) in [6.45, 7) is 6.01. The van der Waals surface area contributed by atoms with Crippen molar-refractivity contribution in [3.8, 4) is 5.75 Å². The molecular formula is C29H29F3N2O. The van der Waals surface area contributed by atoms with Crippen molar-refractivity contribution in [2.24, 2.45) is 5.92 Å². The quantitative estimate of drug-likeness (QED) is 0.423. The van der Waals surface area contributed by atoms with Gasteiger partial charge < -0.3 is 15.0 Å². The molecule has 1 atom stereocenters. The number of nitrogens with zero attached hydrogens (tertiary/aromatic N) is 1. The Morgan fingerprint density at radius 1 is 0.886 bits per heavy atom. The number of aryl methyl sites for hydroxylation is 2. The molecule has 0 amide bonds. The lowest BCUT2D eigenvalue weighted by Gasteiger charge is -2.40. The summed E-state index contributed by atoms with van der Waals surface area (Å²) < 4.78 is 41.3. The zero-order valence-corrected chi connectivity index (χ0v) is 19.5. The molecule has 1 aliphatic heterocycles. The van der Waals surface area contributed by atoms with Gasteiger partial charge in [0, 0.05) is 24.7 Å². The smallest absolute Gasteiger partial charge is 0.406 e. The summed E-state index contributed by atoms with van der Waals surface area (Å²) >= 11 is 0. The van der Waals surface area contributed by atoms with Crippen LogP contribution in [0.3, 0.4) is 0 Å². The average Bonchev–Trinajstić information content (AvgIpc) is 3.01. The predicted octanol–water partition coefficient (Wildman–Crippen LogP) is 7.11. The number of halogens is 3. The Morgan fingerprint density at radius 3 is 2.09 bits per heavy atom. The number of rotatable bonds is 5. The van der Waals surface area contributed by atoms with Gasteiger partial charge in [-0.15, -0.1) is 13.2 Å². The van der Waals surface area contributed by atoms with Crippen molar-refractivity contribution < 1.29 is 17.9 Å². The fourth-order valence-electron chi connectivity index (χ4n) is 5.59. The topological polar surface area (TPSA) is 24.5 Å². The molecule has 5 rings (SSSR count). The summed E-state index contributed by atoms with van der Waals surface area (Å²) in [5.74, 6) is 1.29. The van der Waals surface area contributed by atoms with Gasteiger partial charge in [-0.2, -0.15) is 0 Å². The summed E-state index contributed by atoms with van der Waals surface area (Å²) in [6, 6.07) is 23.4. The molecule has 1 unspecified atom stereocenters. The molecule has 0 saturated carbocycles. The van der Waals surface area contributed by atoms with E-state index in [4.69, 9.17) is 0 Å². The van der Waals surface area contributed by atoms with Crippen LogP contribution in [0.5, 0.6) is 5.75 Å². The highest BCUT2D eigenvalue weighted by molar-refractivity contribution is 5.50. The van der Waals surface area contributed by atoms with Crippen molar-refractivity contribution in [3.05, 3.63) is 107 Å². The number of hydrogen-bond acceptors (Lipinski definition) is 3. The molecule has 1 N–H and O–H groups in total. The number of likely N-dealkylation sites (tertiary alicyclic amines) is 1. The van der Waals surface area contributed by atoms with Gasteiger partial charge in [0.05, 0.1) is 5.82 Å². The molecule has 0 aromatic heterocycles. The molecule has 1 aliphatic carbocycles. The van der Waals surface area contributed by atoms with Crippen LogP contribution < -0.4 is 10.1 Å². The van der Waals surface area contributed by atoms with E-state index in [2.05, 4.69) is 70.1 Å². The highest BCUT2D eigenvalue weighted by atomic mass is 19.4. The van der Waals surface area contributed by atoms with Crippen molar-refractivity contribution >= 4 is 5.69 Å². The highest BCUT2D eigenvalue weighted by Crippen LogP contribution is 2.42. The molecule has 2 aliphatic rings. The number of benzene rings is 3. The molecule has 0 spiro atoms. The van der Waals surface area contributed by atoms with Crippen molar-refractivity contribution in [2.75, 3.05) is 18.4 Å². The largest absolute Gasteiger partial charge is 0.573 e. The highest BCUT2D eigenvalue weighted by Gasteiger charge is 2.34. The summed E-state index contributed by atoms with van der Waals surface area (Å²) in [5, 5.41) is 3.27. The van der Waals surface area contributed by atoms with Gasteiger partial charge in [0.1, 0.15) is 5.75 Å². The molecule has 0 radical (unpaired) electrons. The molecule has 3 aromatic carbocycles. The van der Waals surface area contributed by atoms with E-state index in [1.54, 1.807) is 12.1 Å². The summed E-state index contributed by atoms with van der Waals surface area (Å²) in [5.41, 5.74) is 6.41. The third kappa shape index (κ3) is 5.31. The van der Waals surface area contributed by atoms with E-state index in [1.807, 2.05) is 0 Å². The first kappa shape index (κ1) is 23.3. The SMILES string of the molecule is C=C(Nc1ccc(OC(F)(F)F)cc1)N1CCCC(C2c3ccccc3CCc3ccccc32)C1. The third-order valence-electron chi connectivity index (χ3n) is 7.13. The van der Waals surface area contributed by atoms with Crippen LogP contribution in [0, 0.1) is 5.92 Å². The zero-order valence-electron chi connectivity index (χ0n) is 19.5. The Morgan fingerprint density at radius 2 is 1.49 bits per heavy atom. The van der Waals surface area contributed by atoms with E-state index in [0.29, 0.717) is 17.5 Å². The van der Waals surface area contributed by atoms with Crippen molar-refractivity contribution in [1.82, 2.24) is 4.90 Å². The molecule has 3 nitrogen and oxygen atoms in total. The second-order valence-corrected chi connectivity index (χ2v) is 9.37. The molecule has 1 heterocycles. The minimum Gasteiger partial charge on any atom is -0.406 e. The maximum absolute atomic E-state index is 12.4. The lowest BCUT2D eigenvalue weighted by molar-refractivity contribution is -0.274. The van der Waals surface area contributed by atoms with Crippen LogP contribution in [0.4, 0.5) is 18.9 Å². The lowest BCUT2D eigenvalue weighted by atomic mass is 9.75. The van der Waals surface area contributed by atoms with Gasteiger partial charge in [0.15, 0.2) is 0 Å². The van der Waals surface area contributed by atoms with Gasteiger partial charge >= 0.3 is 6.36 Å². The molecule has 3 aromatic rings. The molecule has 6 heteroatoms. The number of hydrogen-bond donors (Lipinski definition) is 1. The first-order chi connectivity index (χ1) is 16.9. The van der Waals surface area contributed by atoms with Crippen LogP contribution in [-0.4, -0.2) is 24.4 Å². The van der Waals surface area contributed by atoms with E-state index in [-0.39, 0.29) is 5.75 Å². The monoisotopic (exact) mass is 478 g/mol. The maximum Gasteiger partial charge on any atom is 0.573 e. The minimum absolute atomic E-state index is 0.239. The Kier molecular flexibility index (Phi) is 6.46. The van der Waals surface area contributed by atoms with Crippen molar-refractivity contribution in [2.45, 2.75) is 38.0 Å². The van der Waals surface area contributed by atoms with Crippen LogP contribution in [0.25, 0.3) is 0 Å². The first-order valence-corrected chi connectivity index (χ1v) is 12.1. The number of nitrogens with one attached hydrogen (secondary N) is 1. The summed E-state index contributed by atoms with van der Waals surface area (Å²) in [6.07, 6.45) is -0.382. The van der Waals surface area contributed by atoms with Gasteiger partial charge in [-0.05, 0) is 78.1 Å². The average molecular weight is 479 g/mol. The van der Waals surface area contributed by atoms with Crippen LogP contribution >= 0.6 is 0 Å². The third-order valence-corrected chi connectivity index (χ3v) is 7.13. The minimum atomic E-state index is -4.70. The second kappa shape index (κ2) is 9.68. The molecular weight excluding hydrogens is 449 g/mol. The van der Waals surface area contributed by atoms with E-state index < -0.39 is 6.36 Å². The first-order valence-electron chi connectivity index (χ1n) is 12.1.